The number of nitrogens with zero attached hydrogens (tertiary/aromatic N) is 2. The zero-order valence-electron chi connectivity index (χ0n) is 17.5. The van der Waals surface area contributed by atoms with Crippen LogP contribution in [0, 0.1) is 6.92 Å². The van der Waals surface area contributed by atoms with Crippen molar-refractivity contribution in [3.8, 4) is 11.6 Å². The molecule has 0 spiro atoms. The maximum Gasteiger partial charge on any atom is 0.335 e. The molecule has 32 heavy (non-hydrogen) atoms. The van der Waals surface area contributed by atoms with Gasteiger partial charge in [0.1, 0.15) is 0 Å². The fraction of sp³-hybridized carbons (Fsp3) is 0.0800. The van der Waals surface area contributed by atoms with Gasteiger partial charge in [0.05, 0.1) is 22.4 Å². The molecule has 0 fully saturated rings. The Labute approximate surface area is 184 Å². The summed E-state index contributed by atoms with van der Waals surface area (Å²) < 4.78 is 1.75. The molecular weight excluding hydrogens is 406 g/mol. The summed E-state index contributed by atoms with van der Waals surface area (Å²) in [6.45, 7) is 3.70. The number of benzene rings is 3. The fourth-order valence-corrected chi connectivity index (χ4v) is 3.56. The lowest BCUT2D eigenvalue weighted by molar-refractivity contribution is 0.0696. The Morgan fingerprint density at radius 2 is 1.53 bits per heavy atom. The van der Waals surface area contributed by atoms with Gasteiger partial charge in [-0.3, -0.25) is 9.36 Å². The monoisotopic (exact) mass is 427 g/mol. The van der Waals surface area contributed by atoms with Crippen LogP contribution >= 0.6 is 0 Å². The number of hydrogen-bond donors (Lipinski definition) is 3. The summed E-state index contributed by atoms with van der Waals surface area (Å²) in [6.07, 6.45) is 0. The van der Waals surface area contributed by atoms with Gasteiger partial charge in [-0.1, -0.05) is 35.9 Å². The molecule has 0 saturated carbocycles. The smallest absolute Gasteiger partial charge is 0.335 e. The maximum atomic E-state index is 12.4. The largest absolute Gasteiger partial charge is 0.494 e. The third kappa shape index (κ3) is 3.83. The van der Waals surface area contributed by atoms with Gasteiger partial charge in [0.2, 0.25) is 5.88 Å². The topological polar surface area (TPSA) is 104 Å². The van der Waals surface area contributed by atoms with Gasteiger partial charge in [-0.25, -0.2) is 10.2 Å². The number of carbonyl (C=O) groups excluding carboxylic acids is 1. The van der Waals surface area contributed by atoms with Crippen molar-refractivity contribution in [2.75, 3.05) is 0 Å². The lowest BCUT2D eigenvalue weighted by Crippen LogP contribution is -2.19. The number of carboxylic acids is 1. The van der Waals surface area contributed by atoms with Crippen molar-refractivity contribution in [2.24, 2.45) is 5.10 Å². The molecule has 7 heteroatoms. The molecule has 0 unspecified atom stereocenters. The van der Waals surface area contributed by atoms with E-state index in [1.54, 1.807) is 11.5 Å². The molecule has 160 valence electrons. The maximum absolute atomic E-state index is 12.4. The Kier molecular flexibility index (Phi) is 5.47. The van der Waals surface area contributed by atoms with Crippen molar-refractivity contribution < 1.29 is 19.8 Å². The lowest BCUT2D eigenvalue weighted by atomic mass is 10.1. The average Bonchev–Trinajstić information content (AvgIpc) is 3.09. The number of amides is 1. The minimum atomic E-state index is -1.06. The molecule has 0 aliphatic rings. The first-order valence-electron chi connectivity index (χ1n) is 9.94. The summed E-state index contributed by atoms with van der Waals surface area (Å²) in [5.74, 6) is -1.52. The summed E-state index contributed by atoms with van der Waals surface area (Å²) in [6, 6.07) is 20.9. The van der Waals surface area contributed by atoms with Gasteiger partial charge < -0.3 is 10.2 Å². The minimum Gasteiger partial charge on any atom is -0.494 e. The Morgan fingerprint density at radius 3 is 2.19 bits per heavy atom. The average molecular weight is 427 g/mol. The molecule has 0 aliphatic carbocycles. The van der Waals surface area contributed by atoms with Crippen LogP contribution < -0.4 is 5.43 Å². The number of aromatic hydroxyl groups is 1. The highest BCUT2D eigenvalue weighted by Crippen LogP contribution is 2.34. The standard InChI is InChI=1S/C25H21N3O4/c1-15-7-13-19(14-8-15)28-21-6-4-3-5-20(21)22(24(28)30)16(2)26-27-23(29)17-9-11-18(12-10-17)25(31)32/h3-14,30H,1-2H3,(H,27,29)(H,31,32)/b26-16+. The van der Waals surface area contributed by atoms with Gasteiger partial charge in [-0.15, -0.1) is 0 Å². The number of carboxylic acid groups (broad SMARTS) is 1. The van der Waals surface area contributed by atoms with Crippen molar-refractivity contribution in [3.05, 3.63) is 95.1 Å². The Balaban J connectivity index is 1.69. The number of nitrogens with one attached hydrogen (secondary N) is 1. The lowest BCUT2D eigenvalue weighted by Gasteiger charge is -2.08. The molecule has 4 aromatic rings. The summed E-state index contributed by atoms with van der Waals surface area (Å²) in [7, 11) is 0. The number of rotatable bonds is 5. The molecule has 3 N–H and O–H groups in total. The van der Waals surface area contributed by atoms with Crippen LogP contribution in [0.3, 0.4) is 0 Å². The summed E-state index contributed by atoms with van der Waals surface area (Å²) in [5, 5.41) is 25.0. The Hall–Kier alpha value is -4.39. The van der Waals surface area contributed by atoms with E-state index in [1.807, 2.05) is 55.5 Å². The molecule has 1 aromatic heterocycles. The number of fused-ring (bicyclic) bond motifs is 1. The second-order valence-electron chi connectivity index (χ2n) is 7.41. The SMILES string of the molecule is C/C(=N\NC(=O)c1ccc(C(=O)O)cc1)c1c(O)n(-c2ccc(C)cc2)c2ccccc12. The first kappa shape index (κ1) is 20.9. The predicted octanol–water partition coefficient (Wildman–Crippen LogP) is 4.50. The predicted molar refractivity (Wildman–Crippen MR) is 123 cm³/mol. The molecule has 3 aromatic carbocycles. The molecule has 0 aliphatic heterocycles. The van der Waals surface area contributed by atoms with Gasteiger partial charge in [-0.2, -0.15) is 5.10 Å². The summed E-state index contributed by atoms with van der Waals surface area (Å²) in [5.41, 5.74) is 6.53. The fourth-order valence-electron chi connectivity index (χ4n) is 3.56. The Morgan fingerprint density at radius 1 is 0.906 bits per heavy atom. The van der Waals surface area contributed by atoms with E-state index in [0.29, 0.717) is 11.3 Å². The molecule has 0 saturated heterocycles. The second-order valence-corrected chi connectivity index (χ2v) is 7.41. The highest BCUT2D eigenvalue weighted by Gasteiger charge is 2.20. The van der Waals surface area contributed by atoms with Crippen LogP contribution in [-0.2, 0) is 0 Å². The van der Waals surface area contributed by atoms with E-state index in [0.717, 1.165) is 22.2 Å². The first-order valence-corrected chi connectivity index (χ1v) is 9.94. The quantitative estimate of drug-likeness (QED) is 0.322. The van der Waals surface area contributed by atoms with Crippen LogP contribution in [0.4, 0.5) is 0 Å². The number of carbonyl (C=O) groups is 2. The highest BCUT2D eigenvalue weighted by molar-refractivity contribution is 6.13. The highest BCUT2D eigenvalue weighted by atomic mass is 16.4. The zero-order valence-corrected chi connectivity index (χ0v) is 17.5. The number of para-hydroxylation sites is 1. The molecule has 0 bridgehead atoms. The van der Waals surface area contributed by atoms with E-state index in [9.17, 15) is 14.7 Å². The summed E-state index contributed by atoms with van der Waals surface area (Å²) >= 11 is 0. The van der Waals surface area contributed by atoms with E-state index >= 15 is 0 Å². The van der Waals surface area contributed by atoms with Crippen LogP contribution in [-0.4, -0.2) is 32.4 Å². The van der Waals surface area contributed by atoms with Crippen molar-refractivity contribution in [3.63, 3.8) is 0 Å². The number of aromatic nitrogens is 1. The first-order chi connectivity index (χ1) is 15.4. The molecule has 7 nitrogen and oxygen atoms in total. The van der Waals surface area contributed by atoms with Gasteiger partial charge in [0.15, 0.2) is 0 Å². The summed E-state index contributed by atoms with van der Waals surface area (Å²) in [4.78, 5) is 23.4. The Bertz CT molecular complexity index is 1350. The van der Waals surface area contributed by atoms with Crippen molar-refractivity contribution in [1.82, 2.24) is 9.99 Å². The van der Waals surface area contributed by atoms with Crippen LogP contribution in [0.25, 0.3) is 16.6 Å². The van der Waals surface area contributed by atoms with Gasteiger partial charge >= 0.3 is 5.97 Å². The zero-order chi connectivity index (χ0) is 22.8. The third-order valence-electron chi connectivity index (χ3n) is 5.22. The molecule has 0 radical (unpaired) electrons. The van der Waals surface area contributed by atoms with Gasteiger partial charge in [0.25, 0.3) is 5.91 Å². The molecular formula is C25H21N3O4. The number of aromatic carboxylic acids is 1. The van der Waals surface area contributed by atoms with Gasteiger partial charge in [0, 0.05) is 16.6 Å². The minimum absolute atomic E-state index is 0.0244. The molecule has 0 atom stereocenters. The van der Waals surface area contributed by atoms with E-state index in [-0.39, 0.29) is 17.0 Å². The number of hydrazone groups is 1. The van der Waals surface area contributed by atoms with Crippen LogP contribution in [0.2, 0.25) is 0 Å². The normalized spacial score (nSPS) is 11.5. The van der Waals surface area contributed by atoms with Crippen LogP contribution in [0.1, 0.15) is 38.8 Å². The van der Waals surface area contributed by atoms with E-state index in [4.69, 9.17) is 5.11 Å². The molecule has 1 amide bonds. The number of hydrogen-bond acceptors (Lipinski definition) is 4. The van der Waals surface area contributed by atoms with Crippen molar-refractivity contribution in [1.29, 1.82) is 0 Å². The van der Waals surface area contributed by atoms with Crippen LogP contribution in [0.15, 0.2) is 77.9 Å². The van der Waals surface area contributed by atoms with Gasteiger partial charge in [-0.05, 0) is 56.3 Å². The third-order valence-corrected chi connectivity index (χ3v) is 5.22. The molecule has 1 heterocycles. The van der Waals surface area contributed by atoms with Crippen molar-refractivity contribution >= 4 is 28.5 Å². The second kappa shape index (κ2) is 8.39. The number of aryl methyl sites for hydroxylation is 1. The van der Waals surface area contributed by atoms with E-state index in [1.165, 1.54) is 24.3 Å². The van der Waals surface area contributed by atoms with Crippen molar-refractivity contribution in [2.45, 2.75) is 13.8 Å². The molecule has 4 rings (SSSR count). The van der Waals surface area contributed by atoms with E-state index in [2.05, 4.69) is 10.5 Å². The van der Waals surface area contributed by atoms with Crippen LogP contribution in [0.5, 0.6) is 5.88 Å². The van der Waals surface area contributed by atoms with E-state index < -0.39 is 11.9 Å².